The van der Waals surface area contributed by atoms with Crippen molar-refractivity contribution in [3.8, 4) is 0 Å². The minimum absolute atomic E-state index is 0.0136. The summed E-state index contributed by atoms with van der Waals surface area (Å²) in [6.45, 7) is 7.53. The van der Waals surface area contributed by atoms with Crippen LogP contribution in [0, 0.1) is 17.7 Å². The monoisotopic (exact) mass is 377 g/mol. The summed E-state index contributed by atoms with van der Waals surface area (Å²) in [5, 5.41) is 5.46. The van der Waals surface area contributed by atoms with E-state index < -0.39 is 0 Å². The van der Waals surface area contributed by atoms with Gasteiger partial charge in [0.15, 0.2) is 0 Å². The van der Waals surface area contributed by atoms with E-state index in [1.807, 2.05) is 25.7 Å². The summed E-state index contributed by atoms with van der Waals surface area (Å²) in [6.07, 6.45) is 1.17. The lowest BCUT2D eigenvalue weighted by Crippen LogP contribution is -2.45. The number of morpholine rings is 1. The van der Waals surface area contributed by atoms with Crippen molar-refractivity contribution in [1.82, 2.24) is 5.32 Å². The first-order valence-corrected chi connectivity index (χ1v) is 9.61. The molecule has 1 aliphatic heterocycles. The van der Waals surface area contributed by atoms with Crippen molar-refractivity contribution < 1.29 is 18.7 Å². The van der Waals surface area contributed by atoms with Crippen molar-refractivity contribution >= 4 is 23.2 Å². The van der Waals surface area contributed by atoms with E-state index in [0.29, 0.717) is 30.4 Å². The van der Waals surface area contributed by atoms with E-state index in [1.165, 1.54) is 6.07 Å². The Bertz CT molecular complexity index is 702. The summed E-state index contributed by atoms with van der Waals surface area (Å²) in [5.74, 6) is -0.0669. The summed E-state index contributed by atoms with van der Waals surface area (Å²) >= 11 is 0. The normalized spacial score (nSPS) is 27.2. The molecule has 1 aromatic carbocycles. The third-order valence-corrected chi connectivity index (χ3v) is 5.09. The summed E-state index contributed by atoms with van der Waals surface area (Å²) in [7, 11) is 0. The molecule has 1 saturated heterocycles. The molecule has 0 unspecified atom stereocenters. The van der Waals surface area contributed by atoms with Crippen LogP contribution in [0.5, 0.6) is 0 Å². The molecule has 1 heterocycles. The van der Waals surface area contributed by atoms with E-state index in [-0.39, 0.29) is 48.7 Å². The summed E-state index contributed by atoms with van der Waals surface area (Å²) in [5.41, 5.74) is 0.929. The van der Waals surface area contributed by atoms with Crippen molar-refractivity contribution in [3.05, 3.63) is 24.0 Å². The van der Waals surface area contributed by atoms with Crippen LogP contribution < -0.4 is 15.5 Å². The Balaban J connectivity index is 1.49. The van der Waals surface area contributed by atoms with Crippen LogP contribution in [0.25, 0.3) is 0 Å². The van der Waals surface area contributed by atoms with Crippen LogP contribution in [-0.2, 0) is 14.3 Å². The number of amides is 2. The first-order chi connectivity index (χ1) is 12.8. The molecule has 4 atom stereocenters. The summed E-state index contributed by atoms with van der Waals surface area (Å²) in [6, 6.07) is 4.72. The number of nitrogens with zero attached hydrogens (tertiary/aromatic N) is 1. The van der Waals surface area contributed by atoms with Crippen molar-refractivity contribution in [2.45, 2.75) is 45.8 Å². The van der Waals surface area contributed by atoms with Crippen LogP contribution in [0.15, 0.2) is 18.2 Å². The summed E-state index contributed by atoms with van der Waals surface area (Å²) < 4.78 is 20.2. The van der Waals surface area contributed by atoms with Crippen molar-refractivity contribution in [1.29, 1.82) is 0 Å². The fourth-order valence-electron chi connectivity index (χ4n) is 3.56. The van der Waals surface area contributed by atoms with Crippen molar-refractivity contribution in [2.75, 3.05) is 29.9 Å². The van der Waals surface area contributed by atoms with E-state index in [0.717, 1.165) is 6.42 Å². The highest BCUT2D eigenvalue weighted by molar-refractivity contribution is 5.91. The van der Waals surface area contributed by atoms with Gasteiger partial charge in [-0.25, -0.2) is 4.39 Å². The van der Waals surface area contributed by atoms with Crippen molar-refractivity contribution in [3.63, 3.8) is 0 Å². The van der Waals surface area contributed by atoms with Crippen LogP contribution in [0.4, 0.5) is 15.8 Å². The van der Waals surface area contributed by atoms with Gasteiger partial charge in [0.25, 0.3) is 0 Å². The number of halogens is 1. The van der Waals surface area contributed by atoms with Crippen molar-refractivity contribution in [2.24, 2.45) is 11.8 Å². The molecule has 0 bridgehead atoms. The molecule has 0 radical (unpaired) electrons. The highest BCUT2D eigenvalue weighted by Gasteiger charge is 2.38. The minimum atomic E-state index is -0.370. The molecule has 7 heteroatoms. The van der Waals surface area contributed by atoms with Gasteiger partial charge in [-0.2, -0.15) is 0 Å². The van der Waals surface area contributed by atoms with Gasteiger partial charge in [-0.05, 0) is 44.4 Å². The molecule has 2 fully saturated rings. The highest BCUT2D eigenvalue weighted by atomic mass is 19.1. The number of carbonyl (C=O) groups excluding carboxylic acids is 2. The predicted octanol–water partition coefficient (Wildman–Crippen LogP) is 2.54. The number of benzene rings is 1. The number of hydrogen-bond acceptors (Lipinski definition) is 4. The fraction of sp³-hybridized carbons (Fsp3) is 0.600. The zero-order chi connectivity index (χ0) is 19.6. The average molecular weight is 377 g/mol. The molecule has 3 rings (SSSR count). The van der Waals surface area contributed by atoms with Gasteiger partial charge < -0.3 is 20.3 Å². The second-order valence-electron chi connectivity index (χ2n) is 7.74. The smallest absolute Gasteiger partial charge is 0.226 e. The zero-order valence-corrected chi connectivity index (χ0v) is 16.1. The molecule has 1 saturated carbocycles. The van der Waals surface area contributed by atoms with Gasteiger partial charge in [0.1, 0.15) is 5.82 Å². The Morgan fingerprint density at radius 3 is 2.48 bits per heavy atom. The van der Waals surface area contributed by atoms with E-state index in [1.54, 1.807) is 12.1 Å². The van der Waals surface area contributed by atoms with Gasteiger partial charge in [0.05, 0.1) is 17.9 Å². The Morgan fingerprint density at radius 2 is 1.89 bits per heavy atom. The van der Waals surface area contributed by atoms with E-state index in [9.17, 15) is 14.0 Å². The number of ether oxygens (including phenoxy) is 1. The van der Waals surface area contributed by atoms with Gasteiger partial charge in [-0.15, -0.1) is 0 Å². The second-order valence-corrected chi connectivity index (χ2v) is 7.74. The van der Waals surface area contributed by atoms with E-state index in [4.69, 9.17) is 4.74 Å². The van der Waals surface area contributed by atoms with Gasteiger partial charge in [0.2, 0.25) is 11.8 Å². The molecular weight excluding hydrogens is 349 g/mol. The molecule has 2 aliphatic rings. The van der Waals surface area contributed by atoms with Crippen LogP contribution in [0.1, 0.15) is 33.6 Å². The fourth-order valence-corrected chi connectivity index (χ4v) is 3.56. The van der Waals surface area contributed by atoms with Gasteiger partial charge in [-0.3, -0.25) is 9.59 Å². The molecule has 1 aliphatic carbocycles. The van der Waals surface area contributed by atoms with E-state index in [2.05, 4.69) is 10.6 Å². The maximum Gasteiger partial charge on any atom is 0.226 e. The maximum atomic E-state index is 14.5. The number of hydrogen-bond donors (Lipinski definition) is 2. The topological polar surface area (TPSA) is 70.7 Å². The van der Waals surface area contributed by atoms with Gasteiger partial charge in [-0.1, -0.05) is 6.92 Å². The first kappa shape index (κ1) is 19.6. The average Bonchev–Trinajstić information content (AvgIpc) is 3.31. The Morgan fingerprint density at radius 1 is 1.22 bits per heavy atom. The highest BCUT2D eigenvalue weighted by Crippen LogP contribution is 2.37. The molecule has 148 valence electrons. The number of rotatable bonds is 6. The first-order valence-electron chi connectivity index (χ1n) is 9.61. The molecule has 0 spiro atoms. The minimum Gasteiger partial charge on any atom is -0.372 e. The Kier molecular flexibility index (Phi) is 5.99. The van der Waals surface area contributed by atoms with Crippen LogP contribution in [0.3, 0.4) is 0 Å². The lowest BCUT2D eigenvalue weighted by Gasteiger charge is -2.37. The molecule has 0 aromatic heterocycles. The summed E-state index contributed by atoms with van der Waals surface area (Å²) in [4.78, 5) is 25.7. The standard InChI is InChI=1S/C20H28FN3O3/c1-12-8-16(12)20(26)22-7-6-19(25)23-15-4-5-18(17(21)9-15)24-10-13(2)27-14(3)11-24/h4-5,9,12-14,16H,6-8,10-11H2,1-3H3,(H,22,26)(H,23,25)/t12-,13-,14+,16-/m1/s1. The third kappa shape index (κ3) is 5.19. The zero-order valence-electron chi connectivity index (χ0n) is 16.1. The Hall–Kier alpha value is -2.15. The maximum absolute atomic E-state index is 14.5. The second kappa shape index (κ2) is 8.25. The van der Waals surface area contributed by atoms with E-state index >= 15 is 0 Å². The Labute approximate surface area is 159 Å². The van der Waals surface area contributed by atoms with Gasteiger partial charge >= 0.3 is 0 Å². The molecule has 2 N–H and O–H groups in total. The largest absolute Gasteiger partial charge is 0.372 e. The quantitative estimate of drug-likeness (QED) is 0.799. The van der Waals surface area contributed by atoms with Crippen LogP contribution in [-0.4, -0.2) is 43.7 Å². The molecule has 1 aromatic rings. The van der Waals surface area contributed by atoms with Crippen LogP contribution >= 0.6 is 0 Å². The third-order valence-electron chi connectivity index (χ3n) is 5.09. The molecule has 2 amide bonds. The number of nitrogens with one attached hydrogen (secondary N) is 2. The molecule has 6 nitrogen and oxygen atoms in total. The molecular formula is C20H28FN3O3. The molecule has 27 heavy (non-hydrogen) atoms. The predicted molar refractivity (Wildman–Crippen MR) is 102 cm³/mol. The SMILES string of the molecule is C[C@@H]1CN(c2ccc(NC(=O)CCNC(=O)[C@@H]3C[C@H]3C)cc2F)C[C@H](C)O1. The van der Waals surface area contributed by atoms with Crippen LogP contribution in [0.2, 0.25) is 0 Å². The lowest BCUT2D eigenvalue weighted by atomic mass is 10.2. The van der Waals surface area contributed by atoms with Gasteiger partial charge in [0, 0.05) is 37.7 Å². The number of anilines is 2. The number of carbonyl (C=O) groups is 2. The lowest BCUT2D eigenvalue weighted by molar-refractivity contribution is -0.122.